The Morgan fingerprint density at radius 2 is 2.11 bits per heavy atom. The van der Waals surface area contributed by atoms with Gasteiger partial charge in [0.1, 0.15) is 5.58 Å². The van der Waals surface area contributed by atoms with Gasteiger partial charge in [0.25, 0.3) is 0 Å². The van der Waals surface area contributed by atoms with Crippen LogP contribution >= 0.6 is 27.5 Å². The molecule has 1 amide bonds. The van der Waals surface area contributed by atoms with E-state index in [9.17, 15) is 4.79 Å². The number of hydrogen-bond acceptors (Lipinski definition) is 2. The third-order valence-corrected chi connectivity index (χ3v) is 3.90. The Labute approximate surface area is 119 Å². The average Bonchev–Trinajstić information content (AvgIpc) is 2.56. The maximum atomic E-state index is 11.8. The first-order valence-corrected chi connectivity index (χ1v) is 6.64. The van der Waals surface area contributed by atoms with Gasteiger partial charge in [-0.05, 0) is 40.5 Å². The molecule has 0 fully saturated rings. The van der Waals surface area contributed by atoms with Gasteiger partial charge in [0.15, 0.2) is 4.67 Å². The lowest BCUT2D eigenvalue weighted by Gasteiger charge is -2.09. The molecule has 0 N–H and O–H groups in total. The fourth-order valence-electron chi connectivity index (χ4n) is 1.71. The number of fused-ring (bicyclic) bond motifs is 1. The molecule has 18 heavy (non-hydrogen) atoms. The van der Waals surface area contributed by atoms with Gasteiger partial charge in [-0.2, -0.15) is 0 Å². The molecule has 1 heterocycles. The predicted molar refractivity (Wildman–Crippen MR) is 76.1 cm³/mol. The van der Waals surface area contributed by atoms with Gasteiger partial charge >= 0.3 is 0 Å². The van der Waals surface area contributed by atoms with Crippen LogP contribution in [-0.4, -0.2) is 24.9 Å². The predicted octanol–water partition coefficient (Wildman–Crippen LogP) is 3.79. The second-order valence-corrected chi connectivity index (χ2v) is 5.54. The summed E-state index contributed by atoms with van der Waals surface area (Å²) in [5.74, 6) is 0.0232. The minimum Gasteiger partial charge on any atom is -0.449 e. The van der Waals surface area contributed by atoms with Gasteiger partial charge in [0.05, 0.1) is 6.42 Å². The minimum atomic E-state index is 0.0232. The quantitative estimate of drug-likeness (QED) is 0.839. The van der Waals surface area contributed by atoms with E-state index >= 15 is 0 Å². The number of furan rings is 1. The van der Waals surface area contributed by atoms with Gasteiger partial charge in [0.2, 0.25) is 5.91 Å². The molecule has 2 aromatic rings. The summed E-state index contributed by atoms with van der Waals surface area (Å²) in [7, 11) is 3.46. The highest BCUT2D eigenvalue weighted by atomic mass is 79.9. The molecule has 0 aliphatic heterocycles. The van der Waals surface area contributed by atoms with Crippen LogP contribution in [0.25, 0.3) is 11.0 Å². The fourth-order valence-corrected chi connectivity index (χ4v) is 2.41. The molecule has 96 valence electrons. The first-order valence-electron chi connectivity index (χ1n) is 5.47. The number of aryl methyl sites for hydroxylation is 1. The van der Waals surface area contributed by atoms with Crippen LogP contribution in [0.3, 0.4) is 0 Å². The lowest BCUT2D eigenvalue weighted by Crippen LogP contribution is -2.23. The van der Waals surface area contributed by atoms with Crippen LogP contribution in [-0.2, 0) is 11.2 Å². The maximum Gasteiger partial charge on any atom is 0.226 e. The summed E-state index contributed by atoms with van der Waals surface area (Å²) in [6.45, 7) is 1.92. The van der Waals surface area contributed by atoms with E-state index in [4.69, 9.17) is 16.0 Å². The van der Waals surface area contributed by atoms with Crippen molar-refractivity contribution in [3.63, 3.8) is 0 Å². The van der Waals surface area contributed by atoms with Gasteiger partial charge in [0, 0.05) is 30.1 Å². The van der Waals surface area contributed by atoms with E-state index < -0.39 is 0 Å². The Morgan fingerprint density at radius 1 is 1.44 bits per heavy atom. The second-order valence-electron chi connectivity index (χ2n) is 4.42. The largest absolute Gasteiger partial charge is 0.449 e. The van der Waals surface area contributed by atoms with Crippen molar-refractivity contribution in [2.45, 2.75) is 13.3 Å². The van der Waals surface area contributed by atoms with Crippen molar-refractivity contribution in [3.8, 4) is 0 Å². The Bertz CT molecular complexity index is 619. The zero-order chi connectivity index (χ0) is 13.4. The van der Waals surface area contributed by atoms with Crippen LogP contribution < -0.4 is 0 Å². The van der Waals surface area contributed by atoms with Crippen LogP contribution in [0.4, 0.5) is 0 Å². The normalized spacial score (nSPS) is 10.9. The summed E-state index contributed by atoms with van der Waals surface area (Å²) >= 11 is 9.47. The van der Waals surface area contributed by atoms with Crippen molar-refractivity contribution in [2.75, 3.05) is 14.1 Å². The zero-order valence-electron chi connectivity index (χ0n) is 10.4. The molecule has 0 saturated carbocycles. The maximum absolute atomic E-state index is 11.8. The lowest BCUT2D eigenvalue weighted by molar-refractivity contribution is -0.127. The monoisotopic (exact) mass is 329 g/mol. The summed E-state index contributed by atoms with van der Waals surface area (Å²) in [6.07, 6.45) is 0.292. The first-order chi connectivity index (χ1) is 8.40. The summed E-state index contributed by atoms with van der Waals surface area (Å²) < 4.78 is 6.19. The molecule has 0 aliphatic carbocycles. The number of halogens is 2. The molecule has 5 heteroatoms. The molecule has 0 atom stereocenters. The van der Waals surface area contributed by atoms with E-state index in [0.717, 1.165) is 22.1 Å². The second kappa shape index (κ2) is 4.94. The van der Waals surface area contributed by atoms with E-state index in [1.165, 1.54) is 0 Å². The number of hydrogen-bond donors (Lipinski definition) is 0. The van der Waals surface area contributed by atoms with Gasteiger partial charge in [-0.15, -0.1) is 0 Å². The molecule has 3 nitrogen and oxygen atoms in total. The number of carbonyl (C=O) groups is 1. The molecule has 2 rings (SSSR count). The third kappa shape index (κ3) is 2.40. The number of likely N-dealkylation sites (N-methyl/N-ethyl adjacent to an activating group) is 1. The number of carbonyl (C=O) groups excluding carboxylic acids is 1. The molecule has 0 aliphatic rings. The molecular formula is C13H13BrClNO2. The molecule has 0 bridgehead atoms. The van der Waals surface area contributed by atoms with Gasteiger partial charge in [-0.3, -0.25) is 4.79 Å². The topological polar surface area (TPSA) is 33.5 Å². The van der Waals surface area contributed by atoms with Crippen LogP contribution in [0.5, 0.6) is 0 Å². The highest BCUT2D eigenvalue weighted by molar-refractivity contribution is 9.10. The smallest absolute Gasteiger partial charge is 0.226 e. The van der Waals surface area contributed by atoms with Crippen LogP contribution in [0.15, 0.2) is 21.2 Å². The zero-order valence-corrected chi connectivity index (χ0v) is 12.7. The SMILES string of the molecule is Cc1cc2oc(Br)c(CC(=O)N(C)C)c2cc1Cl. The Kier molecular flexibility index (Phi) is 3.69. The van der Waals surface area contributed by atoms with Crippen LogP contribution in [0, 0.1) is 6.92 Å². The fraction of sp³-hybridized carbons (Fsp3) is 0.308. The molecule has 1 aromatic carbocycles. The van der Waals surface area contributed by atoms with E-state index in [1.807, 2.05) is 19.1 Å². The molecule has 0 radical (unpaired) electrons. The Balaban J connectivity index is 2.53. The minimum absolute atomic E-state index is 0.0232. The molecule has 0 saturated heterocycles. The average molecular weight is 331 g/mol. The first kappa shape index (κ1) is 13.4. The Morgan fingerprint density at radius 3 is 2.72 bits per heavy atom. The summed E-state index contributed by atoms with van der Waals surface area (Å²) in [4.78, 5) is 13.3. The molecular weight excluding hydrogens is 318 g/mol. The number of amides is 1. The van der Waals surface area contributed by atoms with Gasteiger partial charge in [-0.25, -0.2) is 0 Å². The van der Waals surface area contributed by atoms with E-state index in [1.54, 1.807) is 19.0 Å². The lowest BCUT2D eigenvalue weighted by atomic mass is 10.1. The number of benzene rings is 1. The van der Waals surface area contributed by atoms with Crippen molar-refractivity contribution in [3.05, 3.63) is 33.0 Å². The van der Waals surface area contributed by atoms with Crippen molar-refractivity contribution in [2.24, 2.45) is 0 Å². The Hall–Kier alpha value is -1.00. The van der Waals surface area contributed by atoms with Gasteiger partial charge < -0.3 is 9.32 Å². The summed E-state index contributed by atoms with van der Waals surface area (Å²) in [6, 6.07) is 3.73. The molecule has 0 unspecified atom stereocenters. The third-order valence-electron chi connectivity index (χ3n) is 2.85. The summed E-state index contributed by atoms with van der Waals surface area (Å²) in [5.41, 5.74) is 2.53. The van der Waals surface area contributed by atoms with E-state index in [0.29, 0.717) is 16.1 Å². The van der Waals surface area contributed by atoms with Crippen molar-refractivity contribution < 1.29 is 9.21 Å². The standard InChI is InChI=1S/C13H13BrClNO2/c1-7-4-11-8(5-10(7)15)9(13(14)18-11)6-12(17)16(2)3/h4-5H,6H2,1-3H3. The van der Waals surface area contributed by atoms with E-state index in [-0.39, 0.29) is 5.91 Å². The van der Waals surface area contributed by atoms with Gasteiger partial charge in [-0.1, -0.05) is 11.6 Å². The van der Waals surface area contributed by atoms with Crippen molar-refractivity contribution in [1.82, 2.24) is 4.90 Å². The number of rotatable bonds is 2. The molecule has 1 aromatic heterocycles. The highest BCUT2D eigenvalue weighted by Crippen LogP contribution is 2.34. The highest BCUT2D eigenvalue weighted by Gasteiger charge is 2.17. The van der Waals surface area contributed by atoms with Crippen LogP contribution in [0.1, 0.15) is 11.1 Å². The van der Waals surface area contributed by atoms with Crippen LogP contribution in [0.2, 0.25) is 5.02 Å². The van der Waals surface area contributed by atoms with Crippen molar-refractivity contribution in [1.29, 1.82) is 0 Å². The summed E-state index contributed by atoms with van der Waals surface area (Å²) in [5, 5.41) is 1.56. The van der Waals surface area contributed by atoms with E-state index in [2.05, 4.69) is 15.9 Å². The number of nitrogens with zero attached hydrogens (tertiary/aromatic N) is 1. The van der Waals surface area contributed by atoms with Crippen molar-refractivity contribution >= 4 is 44.4 Å². The molecule has 0 spiro atoms.